The van der Waals surface area contributed by atoms with Crippen LogP contribution in [-0.4, -0.2) is 24.3 Å². The molecule has 0 fully saturated rings. The second-order valence-electron chi connectivity index (χ2n) is 6.66. The van der Waals surface area contributed by atoms with Crippen molar-refractivity contribution in [1.29, 1.82) is 0 Å². The van der Waals surface area contributed by atoms with E-state index in [0.717, 1.165) is 19.3 Å². The molecule has 1 aromatic carbocycles. The zero-order chi connectivity index (χ0) is 18.7. The summed E-state index contributed by atoms with van der Waals surface area (Å²) >= 11 is 1.47. The molecule has 1 atom stereocenters. The van der Waals surface area contributed by atoms with Crippen LogP contribution in [0.2, 0.25) is 0 Å². The number of hydrogen-bond donors (Lipinski definition) is 1. The van der Waals surface area contributed by atoms with Gasteiger partial charge in [-0.25, -0.2) is 4.79 Å². The van der Waals surface area contributed by atoms with Crippen LogP contribution < -0.4 is 5.32 Å². The zero-order valence-electron chi connectivity index (χ0n) is 14.8. The number of nitrogens with one attached hydrogen (secondary N) is 1. The molecule has 1 N–H and O–H groups in total. The van der Waals surface area contributed by atoms with Crippen LogP contribution in [0.3, 0.4) is 0 Å². The van der Waals surface area contributed by atoms with Crippen LogP contribution in [0, 0.1) is 5.92 Å². The van der Waals surface area contributed by atoms with Gasteiger partial charge in [0.1, 0.15) is 4.88 Å². The van der Waals surface area contributed by atoms with Crippen LogP contribution in [0.5, 0.6) is 0 Å². The van der Waals surface area contributed by atoms with Gasteiger partial charge in [-0.05, 0) is 68.0 Å². The average molecular weight is 371 g/mol. The van der Waals surface area contributed by atoms with Gasteiger partial charge in [-0.3, -0.25) is 9.59 Å². The Labute approximate surface area is 156 Å². The Kier molecular flexibility index (Phi) is 5.52. The number of fused-ring (bicyclic) bond motifs is 1. The van der Waals surface area contributed by atoms with Gasteiger partial charge < -0.3 is 10.1 Å². The fourth-order valence-electron chi connectivity index (χ4n) is 2.99. The number of ketones is 1. The summed E-state index contributed by atoms with van der Waals surface area (Å²) in [5.74, 6) is -0.269. The summed E-state index contributed by atoms with van der Waals surface area (Å²) in [5.41, 5.74) is 2.36. The molecule has 26 heavy (non-hydrogen) atoms. The fraction of sp³-hybridized carbons (Fsp3) is 0.350. The van der Waals surface area contributed by atoms with Crippen LogP contribution in [0.1, 0.15) is 50.7 Å². The SMILES string of the molecule is CC(=O)c1ccc(NC(=O)COC(=O)c2cc3c(s2)CC[C@@H](C)C3)cc1. The topological polar surface area (TPSA) is 72.5 Å². The Morgan fingerprint density at radius 1 is 1.23 bits per heavy atom. The second kappa shape index (κ2) is 7.83. The number of ether oxygens (including phenoxy) is 1. The molecule has 5 nitrogen and oxygen atoms in total. The average Bonchev–Trinajstić information content (AvgIpc) is 3.03. The first-order valence-electron chi connectivity index (χ1n) is 8.62. The molecule has 1 aromatic heterocycles. The van der Waals surface area contributed by atoms with Gasteiger partial charge in [0.05, 0.1) is 0 Å². The number of amides is 1. The van der Waals surface area contributed by atoms with Gasteiger partial charge in [0.25, 0.3) is 5.91 Å². The van der Waals surface area contributed by atoms with Crippen molar-refractivity contribution in [2.45, 2.75) is 33.1 Å². The van der Waals surface area contributed by atoms with Crippen LogP contribution >= 0.6 is 11.3 Å². The third-order valence-corrected chi connectivity index (χ3v) is 5.66. The molecular formula is C20H21NO4S. The first-order valence-corrected chi connectivity index (χ1v) is 9.43. The maximum Gasteiger partial charge on any atom is 0.348 e. The summed E-state index contributed by atoms with van der Waals surface area (Å²) in [6.07, 6.45) is 3.15. The highest BCUT2D eigenvalue weighted by molar-refractivity contribution is 7.14. The molecule has 1 amide bonds. The summed E-state index contributed by atoms with van der Waals surface area (Å²) in [6, 6.07) is 8.47. The van der Waals surface area contributed by atoms with Crippen molar-refractivity contribution in [3.8, 4) is 0 Å². The Hall–Kier alpha value is -2.47. The van der Waals surface area contributed by atoms with Gasteiger partial charge >= 0.3 is 5.97 Å². The molecule has 0 radical (unpaired) electrons. The minimum atomic E-state index is -0.459. The molecule has 1 heterocycles. The van der Waals surface area contributed by atoms with E-state index in [2.05, 4.69) is 12.2 Å². The van der Waals surface area contributed by atoms with Crippen molar-refractivity contribution in [2.24, 2.45) is 5.92 Å². The standard InChI is InChI=1S/C20H21NO4S/c1-12-3-8-17-15(9-12)10-18(26-17)20(24)25-11-19(23)21-16-6-4-14(5-7-16)13(2)22/h4-7,10,12H,3,8-9,11H2,1-2H3,(H,21,23)/t12-/m1/s1. The predicted octanol–water partition coefficient (Wildman–Crippen LogP) is 3.87. The van der Waals surface area contributed by atoms with E-state index in [-0.39, 0.29) is 12.4 Å². The number of thiophene rings is 1. The molecular weight excluding hydrogens is 350 g/mol. The number of carbonyl (C=O) groups excluding carboxylic acids is 3. The number of benzene rings is 1. The summed E-state index contributed by atoms with van der Waals surface area (Å²) in [6.45, 7) is 3.36. The lowest BCUT2D eigenvalue weighted by molar-refractivity contribution is -0.119. The maximum atomic E-state index is 12.2. The molecule has 2 aromatic rings. The molecule has 0 aliphatic heterocycles. The minimum absolute atomic E-state index is 0.0372. The van der Waals surface area contributed by atoms with Crippen molar-refractivity contribution in [3.63, 3.8) is 0 Å². The van der Waals surface area contributed by atoms with Gasteiger partial charge in [0.15, 0.2) is 12.4 Å². The lowest BCUT2D eigenvalue weighted by Crippen LogP contribution is -2.20. The molecule has 0 saturated heterocycles. The molecule has 136 valence electrons. The Morgan fingerprint density at radius 2 is 1.96 bits per heavy atom. The highest BCUT2D eigenvalue weighted by atomic mass is 32.1. The predicted molar refractivity (Wildman–Crippen MR) is 101 cm³/mol. The van der Waals surface area contributed by atoms with Crippen LogP contribution in [0.4, 0.5) is 5.69 Å². The smallest absolute Gasteiger partial charge is 0.348 e. The van der Waals surface area contributed by atoms with Crippen molar-refractivity contribution in [1.82, 2.24) is 0 Å². The molecule has 6 heteroatoms. The molecule has 0 bridgehead atoms. The zero-order valence-corrected chi connectivity index (χ0v) is 15.7. The highest BCUT2D eigenvalue weighted by Crippen LogP contribution is 2.32. The van der Waals surface area contributed by atoms with Crippen LogP contribution in [-0.2, 0) is 22.4 Å². The highest BCUT2D eigenvalue weighted by Gasteiger charge is 2.21. The lowest BCUT2D eigenvalue weighted by Gasteiger charge is -2.16. The fourth-order valence-corrected chi connectivity index (χ4v) is 4.10. The molecule has 1 aliphatic carbocycles. The van der Waals surface area contributed by atoms with Gasteiger partial charge in [0, 0.05) is 16.1 Å². The quantitative estimate of drug-likeness (QED) is 0.640. The maximum absolute atomic E-state index is 12.2. The van der Waals surface area contributed by atoms with Crippen molar-refractivity contribution < 1.29 is 19.1 Å². The number of aryl methyl sites for hydroxylation is 1. The molecule has 0 saturated carbocycles. The van der Waals surface area contributed by atoms with Crippen molar-refractivity contribution >= 4 is 34.7 Å². The number of hydrogen-bond acceptors (Lipinski definition) is 5. The van der Waals surface area contributed by atoms with E-state index in [1.807, 2.05) is 6.07 Å². The Balaban J connectivity index is 1.52. The summed E-state index contributed by atoms with van der Waals surface area (Å²) in [7, 11) is 0. The van der Waals surface area contributed by atoms with Crippen LogP contribution in [0.15, 0.2) is 30.3 Å². The van der Waals surface area contributed by atoms with E-state index in [9.17, 15) is 14.4 Å². The van der Waals surface area contributed by atoms with Gasteiger partial charge in [-0.2, -0.15) is 0 Å². The normalized spacial score (nSPS) is 15.8. The van der Waals surface area contributed by atoms with E-state index in [1.165, 1.54) is 28.7 Å². The number of anilines is 1. The Bertz CT molecular complexity index is 838. The lowest BCUT2D eigenvalue weighted by atomic mass is 9.90. The third kappa shape index (κ3) is 4.38. The monoisotopic (exact) mass is 371 g/mol. The Morgan fingerprint density at radius 3 is 2.65 bits per heavy atom. The molecule has 1 aliphatic rings. The van der Waals surface area contributed by atoms with E-state index in [0.29, 0.717) is 22.0 Å². The minimum Gasteiger partial charge on any atom is -0.451 e. The third-order valence-electron chi connectivity index (χ3n) is 4.44. The van der Waals surface area contributed by atoms with E-state index >= 15 is 0 Å². The first kappa shape index (κ1) is 18.3. The summed E-state index contributed by atoms with van der Waals surface area (Å²) in [5, 5.41) is 2.65. The van der Waals surface area contributed by atoms with E-state index in [1.54, 1.807) is 24.3 Å². The number of carbonyl (C=O) groups is 3. The largest absolute Gasteiger partial charge is 0.451 e. The van der Waals surface area contributed by atoms with Crippen molar-refractivity contribution in [2.75, 3.05) is 11.9 Å². The molecule has 0 spiro atoms. The van der Waals surface area contributed by atoms with Crippen molar-refractivity contribution in [3.05, 3.63) is 51.2 Å². The van der Waals surface area contributed by atoms with Gasteiger partial charge in [0.2, 0.25) is 0 Å². The summed E-state index contributed by atoms with van der Waals surface area (Å²) < 4.78 is 5.13. The molecule has 0 unspecified atom stereocenters. The molecule has 3 rings (SSSR count). The second-order valence-corrected chi connectivity index (χ2v) is 7.80. The summed E-state index contributed by atoms with van der Waals surface area (Å²) in [4.78, 5) is 37.2. The number of Topliss-reactive ketones (excluding diaryl/α,β-unsaturated/α-hetero) is 1. The van der Waals surface area contributed by atoms with Crippen LogP contribution in [0.25, 0.3) is 0 Å². The first-order chi connectivity index (χ1) is 12.4. The van der Waals surface area contributed by atoms with Gasteiger partial charge in [-0.1, -0.05) is 6.92 Å². The van der Waals surface area contributed by atoms with Gasteiger partial charge in [-0.15, -0.1) is 11.3 Å². The number of rotatable bonds is 5. The van der Waals surface area contributed by atoms with E-state index < -0.39 is 11.9 Å². The number of esters is 1. The van der Waals surface area contributed by atoms with E-state index in [4.69, 9.17) is 4.74 Å².